The van der Waals surface area contributed by atoms with Crippen LogP contribution in [0.25, 0.3) is 0 Å². The molecule has 0 aliphatic carbocycles. The van der Waals surface area contributed by atoms with Crippen LogP contribution in [0, 0.1) is 6.92 Å². The predicted octanol–water partition coefficient (Wildman–Crippen LogP) is 3.29. The Morgan fingerprint density at radius 3 is 2.62 bits per heavy atom. The molecule has 1 aromatic heterocycles. The Hall–Kier alpha value is -2.18. The van der Waals surface area contributed by atoms with E-state index in [1.807, 2.05) is 12.3 Å². The summed E-state index contributed by atoms with van der Waals surface area (Å²) >= 11 is 0. The summed E-state index contributed by atoms with van der Waals surface area (Å²) in [6.45, 7) is 8.22. The fourth-order valence-electron chi connectivity index (χ4n) is 3.74. The number of aryl methyl sites for hydroxylation is 1. The third-order valence-corrected chi connectivity index (χ3v) is 5.16. The van der Waals surface area contributed by atoms with Crippen LogP contribution in [-0.2, 0) is 9.47 Å². The normalized spacial score (nSPS) is 19.1. The Balaban J connectivity index is 1.53. The molecule has 2 aromatic rings. The van der Waals surface area contributed by atoms with Gasteiger partial charge in [0.1, 0.15) is 5.82 Å². The van der Waals surface area contributed by atoms with E-state index in [2.05, 4.69) is 52.9 Å². The van der Waals surface area contributed by atoms with Gasteiger partial charge >= 0.3 is 0 Å². The van der Waals surface area contributed by atoms with E-state index in [1.54, 1.807) is 0 Å². The maximum Gasteiger partial charge on any atom is 0.231 e. The molecular weight excluding hydrogens is 328 g/mol. The van der Waals surface area contributed by atoms with Gasteiger partial charge in [0.2, 0.25) is 5.95 Å². The van der Waals surface area contributed by atoms with Gasteiger partial charge in [-0.2, -0.15) is 4.98 Å². The lowest BCUT2D eigenvalue weighted by molar-refractivity contribution is -0.169. The second-order valence-corrected chi connectivity index (χ2v) is 6.89. The SMILES string of the molecule is CCN(c1cccc(C)c1)c1nccc(N2CCC3(CC2)OCCO3)n1. The van der Waals surface area contributed by atoms with E-state index in [1.165, 1.54) is 5.56 Å². The molecule has 0 bridgehead atoms. The van der Waals surface area contributed by atoms with Gasteiger partial charge in [0.15, 0.2) is 5.79 Å². The highest BCUT2D eigenvalue weighted by molar-refractivity contribution is 5.59. The molecule has 1 spiro atoms. The van der Waals surface area contributed by atoms with Crippen molar-refractivity contribution in [2.45, 2.75) is 32.5 Å². The lowest BCUT2D eigenvalue weighted by Gasteiger charge is -2.38. The Bertz CT molecular complexity index is 751. The summed E-state index contributed by atoms with van der Waals surface area (Å²) in [6.07, 6.45) is 3.60. The Morgan fingerprint density at radius 1 is 1.15 bits per heavy atom. The van der Waals surface area contributed by atoms with E-state index in [-0.39, 0.29) is 5.79 Å². The standard InChI is InChI=1S/C20H26N4O2/c1-3-24(17-6-4-5-16(2)15-17)19-21-10-7-18(22-19)23-11-8-20(9-12-23)25-13-14-26-20/h4-7,10,15H,3,8-9,11-14H2,1-2H3. The molecule has 0 amide bonds. The Labute approximate surface area is 154 Å². The van der Waals surface area contributed by atoms with Crippen LogP contribution in [0.1, 0.15) is 25.3 Å². The van der Waals surface area contributed by atoms with Gasteiger partial charge in [0.25, 0.3) is 0 Å². The molecule has 2 saturated heterocycles. The quantitative estimate of drug-likeness (QED) is 0.840. The number of ether oxygens (including phenoxy) is 2. The third kappa shape index (κ3) is 3.39. The minimum absolute atomic E-state index is 0.358. The fourth-order valence-corrected chi connectivity index (χ4v) is 3.74. The largest absolute Gasteiger partial charge is 0.356 e. The lowest BCUT2D eigenvalue weighted by atomic mass is 10.0. The van der Waals surface area contributed by atoms with E-state index in [4.69, 9.17) is 14.5 Å². The molecule has 6 nitrogen and oxygen atoms in total. The maximum atomic E-state index is 5.82. The van der Waals surface area contributed by atoms with Gasteiger partial charge in [-0.25, -0.2) is 4.98 Å². The second kappa shape index (κ2) is 7.21. The van der Waals surface area contributed by atoms with Crippen LogP contribution >= 0.6 is 0 Å². The Kier molecular flexibility index (Phi) is 4.78. The zero-order valence-corrected chi connectivity index (χ0v) is 15.5. The fraction of sp³-hybridized carbons (Fsp3) is 0.500. The third-order valence-electron chi connectivity index (χ3n) is 5.16. The summed E-state index contributed by atoms with van der Waals surface area (Å²) < 4.78 is 11.6. The summed E-state index contributed by atoms with van der Waals surface area (Å²) in [7, 11) is 0. The zero-order valence-electron chi connectivity index (χ0n) is 15.5. The molecule has 6 heteroatoms. The van der Waals surface area contributed by atoms with Crippen LogP contribution in [0.2, 0.25) is 0 Å². The molecule has 2 fully saturated rings. The van der Waals surface area contributed by atoms with Crippen molar-refractivity contribution in [2.24, 2.45) is 0 Å². The molecular formula is C20H26N4O2. The van der Waals surface area contributed by atoms with Crippen molar-refractivity contribution >= 4 is 17.5 Å². The van der Waals surface area contributed by atoms with Crippen LogP contribution in [0.4, 0.5) is 17.5 Å². The number of nitrogens with zero attached hydrogens (tertiary/aromatic N) is 4. The van der Waals surface area contributed by atoms with Gasteiger partial charge < -0.3 is 19.3 Å². The number of hydrogen-bond donors (Lipinski definition) is 0. The van der Waals surface area contributed by atoms with Crippen LogP contribution in [-0.4, -0.2) is 48.6 Å². The number of anilines is 3. The van der Waals surface area contributed by atoms with E-state index in [0.29, 0.717) is 13.2 Å². The van der Waals surface area contributed by atoms with Crippen LogP contribution in [0.3, 0.4) is 0 Å². The topological polar surface area (TPSA) is 50.7 Å². The molecule has 0 saturated carbocycles. The summed E-state index contributed by atoms with van der Waals surface area (Å²) in [6, 6.07) is 10.4. The smallest absolute Gasteiger partial charge is 0.231 e. The van der Waals surface area contributed by atoms with Crippen molar-refractivity contribution in [3.63, 3.8) is 0 Å². The number of benzene rings is 1. The molecule has 26 heavy (non-hydrogen) atoms. The molecule has 2 aliphatic rings. The lowest BCUT2D eigenvalue weighted by Crippen LogP contribution is -2.45. The summed E-state index contributed by atoms with van der Waals surface area (Å²) in [5.74, 6) is 1.35. The van der Waals surface area contributed by atoms with Gasteiger partial charge in [-0.1, -0.05) is 12.1 Å². The highest BCUT2D eigenvalue weighted by Gasteiger charge is 2.40. The van der Waals surface area contributed by atoms with E-state index in [9.17, 15) is 0 Å². The van der Waals surface area contributed by atoms with Crippen LogP contribution in [0.5, 0.6) is 0 Å². The first-order valence-corrected chi connectivity index (χ1v) is 9.39. The number of aromatic nitrogens is 2. The van der Waals surface area contributed by atoms with Gasteiger partial charge in [0.05, 0.1) is 13.2 Å². The molecule has 3 heterocycles. The molecule has 1 aromatic carbocycles. The molecule has 4 rings (SSSR count). The average Bonchev–Trinajstić information content (AvgIpc) is 3.11. The predicted molar refractivity (Wildman–Crippen MR) is 102 cm³/mol. The molecule has 138 valence electrons. The first-order valence-electron chi connectivity index (χ1n) is 9.39. The average molecular weight is 354 g/mol. The van der Waals surface area contributed by atoms with E-state index < -0.39 is 0 Å². The molecule has 2 aliphatic heterocycles. The van der Waals surface area contributed by atoms with Crippen LogP contribution in [0.15, 0.2) is 36.5 Å². The molecule has 0 N–H and O–H groups in total. The monoisotopic (exact) mass is 354 g/mol. The van der Waals surface area contributed by atoms with Gasteiger partial charge in [-0.15, -0.1) is 0 Å². The minimum atomic E-state index is -0.358. The van der Waals surface area contributed by atoms with Crippen LogP contribution < -0.4 is 9.80 Å². The number of piperidine rings is 1. The van der Waals surface area contributed by atoms with Gasteiger partial charge in [-0.05, 0) is 37.6 Å². The zero-order chi connectivity index (χ0) is 18.0. The molecule has 0 radical (unpaired) electrons. The number of rotatable bonds is 4. The second-order valence-electron chi connectivity index (χ2n) is 6.89. The highest BCUT2D eigenvalue weighted by Crippen LogP contribution is 2.33. The maximum absolute atomic E-state index is 5.82. The first kappa shape index (κ1) is 17.2. The van der Waals surface area contributed by atoms with Gasteiger partial charge in [0, 0.05) is 44.4 Å². The van der Waals surface area contributed by atoms with Crippen molar-refractivity contribution in [2.75, 3.05) is 42.6 Å². The van der Waals surface area contributed by atoms with Crippen molar-refractivity contribution < 1.29 is 9.47 Å². The highest BCUT2D eigenvalue weighted by atomic mass is 16.7. The van der Waals surface area contributed by atoms with Crippen molar-refractivity contribution in [1.82, 2.24) is 9.97 Å². The van der Waals surface area contributed by atoms with Gasteiger partial charge in [-0.3, -0.25) is 0 Å². The Morgan fingerprint density at radius 2 is 1.92 bits per heavy atom. The summed E-state index contributed by atoms with van der Waals surface area (Å²) in [5, 5.41) is 0. The summed E-state index contributed by atoms with van der Waals surface area (Å²) in [5.41, 5.74) is 2.35. The van der Waals surface area contributed by atoms with E-state index in [0.717, 1.165) is 49.9 Å². The first-order chi connectivity index (χ1) is 12.7. The van der Waals surface area contributed by atoms with Crippen molar-refractivity contribution in [1.29, 1.82) is 0 Å². The molecule has 0 atom stereocenters. The number of hydrogen-bond acceptors (Lipinski definition) is 6. The summed E-state index contributed by atoms with van der Waals surface area (Å²) in [4.78, 5) is 13.8. The van der Waals surface area contributed by atoms with Crippen molar-refractivity contribution in [3.05, 3.63) is 42.1 Å². The van der Waals surface area contributed by atoms with Crippen molar-refractivity contribution in [3.8, 4) is 0 Å². The van der Waals surface area contributed by atoms with E-state index >= 15 is 0 Å². The molecule has 0 unspecified atom stereocenters. The minimum Gasteiger partial charge on any atom is -0.356 e.